The Morgan fingerprint density at radius 3 is 2.00 bits per heavy atom. The van der Waals surface area contributed by atoms with Gasteiger partial charge in [0, 0.05) is 0 Å². The van der Waals surface area contributed by atoms with Crippen molar-refractivity contribution in [2.75, 3.05) is 12.0 Å². The van der Waals surface area contributed by atoms with Crippen molar-refractivity contribution in [1.82, 2.24) is 0 Å². The summed E-state index contributed by atoms with van der Waals surface area (Å²) in [7, 11) is 0. The maximum absolute atomic E-state index is 2.40. The van der Waals surface area contributed by atoms with Crippen LogP contribution in [0.1, 0.15) is 41.0 Å². The van der Waals surface area contributed by atoms with Crippen LogP contribution >= 0.6 is 11.8 Å². The molecule has 0 aliphatic heterocycles. The summed E-state index contributed by atoms with van der Waals surface area (Å²) < 4.78 is 0. The fourth-order valence-corrected chi connectivity index (χ4v) is 2.23. The smallest absolute Gasteiger partial charge is 0.00651 e. The van der Waals surface area contributed by atoms with Gasteiger partial charge in [-0.15, -0.1) is 0 Å². The minimum Gasteiger partial charge on any atom is -0.165 e. The van der Waals surface area contributed by atoms with Gasteiger partial charge >= 0.3 is 0 Å². The number of hydrogen-bond acceptors (Lipinski definition) is 1. The van der Waals surface area contributed by atoms with Gasteiger partial charge in [-0.2, -0.15) is 11.8 Å². The highest BCUT2D eigenvalue weighted by Gasteiger charge is 2.27. The fraction of sp³-hybridized carbons (Fsp3) is 1.00. The number of thioether (sulfide) groups is 1. The van der Waals surface area contributed by atoms with E-state index in [1.165, 1.54) is 12.2 Å². The lowest BCUT2D eigenvalue weighted by Gasteiger charge is -2.34. The lowest BCUT2D eigenvalue weighted by atomic mass is 9.72. The second-order valence-electron chi connectivity index (χ2n) is 4.76. The summed E-state index contributed by atoms with van der Waals surface area (Å²) in [6.45, 7) is 11.8. The standard InChI is InChI=1S/C11H24S/c1-9(2)10(3)11(4,5)7-8-12-6/h9-10H,7-8H2,1-6H3/t10-/m1/s1. The summed E-state index contributed by atoms with van der Waals surface area (Å²) in [4.78, 5) is 0. The Hall–Kier alpha value is 0.350. The van der Waals surface area contributed by atoms with Crippen molar-refractivity contribution in [3.8, 4) is 0 Å². The molecule has 12 heavy (non-hydrogen) atoms. The lowest BCUT2D eigenvalue weighted by Crippen LogP contribution is -2.26. The van der Waals surface area contributed by atoms with E-state index in [9.17, 15) is 0 Å². The molecule has 0 fully saturated rings. The molecule has 0 amide bonds. The van der Waals surface area contributed by atoms with Crippen LogP contribution in [0.2, 0.25) is 0 Å². The molecule has 0 N–H and O–H groups in total. The zero-order chi connectivity index (χ0) is 9.78. The molecule has 0 rings (SSSR count). The van der Waals surface area contributed by atoms with Crippen molar-refractivity contribution in [2.24, 2.45) is 17.3 Å². The van der Waals surface area contributed by atoms with Crippen LogP contribution in [0.4, 0.5) is 0 Å². The van der Waals surface area contributed by atoms with E-state index in [2.05, 4.69) is 40.9 Å². The lowest BCUT2D eigenvalue weighted by molar-refractivity contribution is 0.170. The molecule has 0 aromatic rings. The summed E-state index contributed by atoms with van der Waals surface area (Å²) in [5.41, 5.74) is 0.511. The van der Waals surface area contributed by atoms with Crippen LogP contribution < -0.4 is 0 Å². The van der Waals surface area contributed by atoms with Gasteiger partial charge in [0.25, 0.3) is 0 Å². The molecule has 0 aliphatic carbocycles. The van der Waals surface area contributed by atoms with Gasteiger partial charge in [-0.3, -0.25) is 0 Å². The third kappa shape index (κ3) is 3.84. The molecule has 0 aromatic heterocycles. The van der Waals surface area contributed by atoms with Crippen molar-refractivity contribution < 1.29 is 0 Å². The molecule has 0 saturated carbocycles. The van der Waals surface area contributed by atoms with Gasteiger partial charge in [-0.05, 0) is 35.7 Å². The van der Waals surface area contributed by atoms with E-state index in [0.717, 1.165) is 11.8 Å². The zero-order valence-electron chi connectivity index (χ0n) is 9.48. The zero-order valence-corrected chi connectivity index (χ0v) is 10.3. The first-order chi connectivity index (χ1) is 5.41. The van der Waals surface area contributed by atoms with E-state index in [1.807, 2.05) is 11.8 Å². The summed E-state index contributed by atoms with van der Waals surface area (Å²) in [6, 6.07) is 0. The van der Waals surface area contributed by atoms with Crippen LogP contribution in [0, 0.1) is 17.3 Å². The SMILES string of the molecule is CSCCC(C)(C)[C@H](C)C(C)C. The largest absolute Gasteiger partial charge is 0.165 e. The van der Waals surface area contributed by atoms with Crippen LogP contribution in [0.25, 0.3) is 0 Å². The highest BCUT2D eigenvalue weighted by Crippen LogP contribution is 2.35. The number of hydrogen-bond donors (Lipinski definition) is 0. The summed E-state index contributed by atoms with van der Waals surface area (Å²) in [5.74, 6) is 2.93. The van der Waals surface area contributed by atoms with Crippen LogP contribution in [0.5, 0.6) is 0 Å². The van der Waals surface area contributed by atoms with Gasteiger partial charge in [0.15, 0.2) is 0 Å². The first-order valence-corrected chi connectivity index (χ1v) is 6.30. The van der Waals surface area contributed by atoms with Crippen LogP contribution in [-0.2, 0) is 0 Å². The Morgan fingerprint density at radius 2 is 1.67 bits per heavy atom. The Kier molecular flexibility index (Phi) is 5.31. The highest BCUT2D eigenvalue weighted by atomic mass is 32.2. The van der Waals surface area contributed by atoms with E-state index in [0.29, 0.717) is 5.41 Å². The molecule has 0 unspecified atom stereocenters. The van der Waals surface area contributed by atoms with E-state index >= 15 is 0 Å². The fourth-order valence-electron chi connectivity index (χ4n) is 1.50. The van der Waals surface area contributed by atoms with Crippen molar-refractivity contribution >= 4 is 11.8 Å². The first kappa shape index (κ1) is 12.3. The van der Waals surface area contributed by atoms with E-state index < -0.39 is 0 Å². The second-order valence-corrected chi connectivity index (χ2v) is 5.75. The quantitative estimate of drug-likeness (QED) is 0.627. The van der Waals surface area contributed by atoms with Gasteiger partial charge < -0.3 is 0 Å². The van der Waals surface area contributed by atoms with Gasteiger partial charge in [-0.25, -0.2) is 0 Å². The van der Waals surface area contributed by atoms with E-state index in [4.69, 9.17) is 0 Å². The molecule has 1 atom stereocenters. The van der Waals surface area contributed by atoms with Gasteiger partial charge in [0.1, 0.15) is 0 Å². The molecular formula is C11H24S. The first-order valence-electron chi connectivity index (χ1n) is 4.90. The van der Waals surface area contributed by atoms with Crippen LogP contribution in [-0.4, -0.2) is 12.0 Å². The maximum Gasteiger partial charge on any atom is -0.00651 e. The van der Waals surface area contributed by atoms with Gasteiger partial charge in [-0.1, -0.05) is 34.6 Å². The molecule has 0 bridgehead atoms. The third-order valence-corrected chi connectivity index (χ3v) is 3.80. The molecule has 74 valence electrons. The van der Waals surface area contributed by atoms with Crippen molar-refractivity contribution in [3.63, 3.8) is 0 Å². The minimum absolute atomic E-state index is 0.511. The average molecular weight is 188 g/mol. The Bertz CT molecular complexity index is 116. The van der Waals surface area contributed by atoms with Crippen molar-refractivity contribution in [3.05, 3.63) is 0 Å². The molecule has 0 radical (unpaired) electrons. The number of rotatable bonds is 5. The molecule has 0 spiro atoms. The summed E-state index contributed by atoms with van der Waals surface area (Å²) in [6.07, 6.45) is 3.53. The second kappa shape index (κ2) is 5.16. The van der Waals surface area contributed by atoms with Crippen LogP contribution in [0.3, 0.4) is 0 Å². The van der Waals surface area contributed by atoms with E-state index in [-0.39, 0.29) is 0 Å². The molecular weight excluding hydrogens is 164 g/mol. The monoisotopic (exact) mass is 188 g/mol. The van der Waals surface area contributed by atoms with E-state index in [1.54, 1.807) is 0 Å². The minimum atomic E-state index is 0.511. The Morgan fingerprint density at radius 1 is 1.17 bits per heavy atom. The molecule has 0 aromatic carbocycles. The maximum atomic E-state index is 2.40. The predicted molar refractivity (Wildman–Crippen MR) is 60.8 cm³/mol. The average Bonchev–Trinajstić information content (AvgIpc) is 1.99. The van der Waals surface area contributed by atoms with Crippen LogP contribution in [0.15, 0.2) is 0 Å². The molecule has 0 nitrogen and oxygen atoms in total. The third-order valence-electron chi connectivity index (χ3n) is 3.18. The molecule has 0 aliphatic rings. The van der Waals surface area contributed by atoms with Gasteiger partial charge in [0.2, 0.25) is 0 Å². The van der Waals surface area contributed by atoms with Crippen molar-refractivity contribution in [2.45, 2.75) is 41.0 Å². The molecule has 1 heteroatoms. The van der Waals surface area contributed by atoms with Crippen molar-refractivity contribution in [1.29, 1.82) is 0 Å². The summed E-state index contributed by atoms with van der Waals surface area (Å²) in [5, 5.41) is 0. The summed E-state index contributed by atoms with van der Waals surface area (Å²) >= 11 is 1.96. The topological polar surface area (TPSA) is 0 Å². The molecule has 0 saturated heterocycles. The predicted octanol–water partition coefficient (Wildman–Crippen LogP) is 4.06. The Labute approximate surface area is 82.5 Å². The highest BCUT2D eigenvalue weighted by molar-refractivity contribution is 7.98. The Balaban J connectivity index is 3.99. The van der Waals surface area contributed by atoms with Gasteiger partial charge in [0.05, 0.1) is 0 Å². The molecule has 0 heterocycles. The normalized spacial score (nSPS) is 15.2.